The van der Waals surface area contributed by atoms with Gasteiger partial charge in [0.15, 0.2) is 16.9 Å². The molecule has 3 aliphatic heterocycles. The van der Waals surface area contributed by atoms with E-state index in [1.54, 1.807) is 12.1 Å². The van der Waals surface area contributed by atoms with E-state index >= 15 is 0 Å². The first kappa shape index (κ1) is 63.5. The summed E-state index contributed by atoms with van der Waals surface area (Å²) in [5.41, 5.74) is 11.9. The molecule has 5 atom stereocenters. The summed E-state index contributed by atoms with van der Waals surface area (Å²) in [6, 6.07) is 11.3. The third-order valence-corrected chi connectivity index (χ3v) is 21.6. The van der Waals surface area contributed by atoms with E-state index in [9.17, 15) is 46.0 Å². The van der Waals surface area contributed by atoms with Gasteiger partial charge >= 0.3 is 23.5 Å². The van der Waals surface area contributed by atoms with E-state index in [0.29, 0.717) is 32.2 Å². The molecule has 438 valence electrons. The Hall–Kier alpha value is -4.11. The highest BCUT2D eigenvalue weighted by Gasteiger charge is 2.46. The van der Waals surface area contributed by atoms with Crippen LogP contribution in [0.4, 0.5) is 17.3 Å². The van der Waals surface area contributed by atoms with Crippen LogP contribution < -0.4 is 16.2 Å². The van der Waals surface area contributed by atoms with Crippen molar-refractivity contribution >= 4 is 95.2 Å². The molecule has 1 saturated heterocycles. The summed E-state index contributed by atoms with van der Waals surface area (Å²) >= 11 is 0. The minimum Gasteiger partial charge on any atom is -0.369 e. The number of Topliss-reactive ketones (excluding diaryl/α,β-unsaturated/α-hetero) is 1. The number of unbranched alkanes of at least 4 members (excludes halogenated alkanes) is 2. The molecule has 4 aromatic rings. The monoisotopic (exact) mass is 1230 g/mol. The second-order valence-corrected chi connectivity index (χ2v) is 30.0. The number of nitrogens with one attached hydrogen (secondary N) is 1. The van der Waals surface area contributed by atoms with Gasteiger partial charge in [0.1, 0.15) is 30.6 Å². The number of hydrogen-bond acceptors (Lipinski definition) is 18. The number of anilines is 2. The van der Waals surface area contributed by atoms with Crippen molar-refractivity contribution in [1.82, 2.24) is 19.5 Å². The number of aromatic amines is 1. The number of H-pyrrole nitrogens is 1. The molecule has 0 spiro atoms. The lowest BCUT2D eigenvalue weighted by Gasteiger charge is -2.25. The molecular formula is C50H69N7O17P3S3+. The van der Waals surface area contributed by atoms with Crippen LogP contribution in [-0.2, 0) is 62.1 Å². The number of nitrogen functional groups attached to an aromatic ring is 1. The first-order chi connectivity index (χ1) is 37.2. The van der Waals surface area contributed by atoms with Crippen LogP contribution in [0.15, 0.2) is 88.5 Å². The molecular weight excluding hydrogens is 1160 g/mol. The second kappa shape index (κ2) is 25.0. The Balaban J connectivity index is 0.918. The summed E-state index contributed by atoms with van der Waals surface area (Å²) in [5, 5.41) is 0. The number of hydrogen-bond donors (Lipinski definition) is 7. The number of aromatic nitrogens is 4. The number of nitrogens with two attached hydrogens (primary N) is 1. The Morgan fingerprint density at radius 1 is 0.988 bits per heavy atom. The molecule has 2 aromatic carbocycles. The summed E-state index contributed by atoms with van der Waals surface area (Å²) in [6.45, 7) is 17.4. The number of fused-ring (bicyclic) bond motifs is 3. The first-order valence-corrected chi connectivity index (χ1v) is 33.8. The highest BCUT2D eigenvalue weighted by atomic mass is 33.1. The summed E-state index contributed by atoms with van der Waals surface area (Å²) in [4.78, 5) is 76.0. The topological polar surface area (TPSA) is 346 Å². The van der Waals surface area contributed by atoms with Gasteiger partial charge in [-0.1, -0.05) is 71.4 Å². The van der Waals surface area contributed by atoms with Crippen molar-refractivity contribution in [2.75, 3.05) is 36.3 Å². The normalized spacial score (nSPS) is 21.3. The molecule has 30 heteroatoms. The number of ether oxygens (including phenoxy) is 2. The van der Waals surface area contributed by atoms with Crippen LogP contribution in [0.1, 0.15) is 116 Å². The zero-order valence-corrected chi connectivity index (χ0v) is 50.6. The molecule has 0 amide bonds. The van der Waals surface area contributed by atoms with E-state index in [2.05, 4.69) is 91.1 Å². The van der Waals surface area contributed by atoms with Crippen LogP contribution in [0.3, 0.4) is 0 Å². The summed E-state index contributed by atoms with van der Waals surface area (Å²) < 4.78 is 97.9. The van der Waals surface area contributed by atoms with Gasteiger partial charge < -0.3 is 39.7 Å². The van der Waals surface area contributed by atoms with Crippen LogP contribution in [0.5, 0.6) is 0 Å². The van der Waals surface area contributed by atoms with Gasteiger partial charge in [-0.3, -0.25) is 28.2 Å². The van der Waals surface area contributed by atoms with Crippen LogP contribution in [0.25, 0.3) is 11.2 Å². The fourth-order valence-corrected chi connectivity index (χ4v) is 15.9. The molecule has 1 fully saturated rings. The minimum absolute atomic E-state index is 0.0418. The molecule has 7 rings (SSSR count). The van der Waals surface area contributed by atoms with Crippen molar-refractivity contribution in [3.63, 3.8) is 0 Å². The summed E-state index contributed by atoms with van der Waals surface area (Å²) in [7, 11) is -18.6. The average molecular weight is 1230 g/mol. The van der Waals surface area contributed by atoms with E-state index in [1.807, 2.05) is 45.9 Å². The standard InChI is InChI=1S/C50H68N7O17P3S3/c1-9-55-37-21-19-32(2)26-35(37)49(5,6)41(55)17-13-10-14-18-42-50(7,8)36-27-34(80(67,68)69)20-22-38(36)56(42)25-15-11-12-16-33(58)23-24-48(3,4)79-78-31-70-39-28-43(57-30-52-44-45(57)53-47(51)54-46(44)59)72-40(39)29-71-76(63,64)74-77(65,66)73-75(60,61)62/h10,13-14,17-22,26-27,30,39-40,43H,9,11-12,15-16,23-25,28-29,31H2,1-8H3,(H7-,51,53,54,59,60,61,62,63,64,65,66,67,68,69)/p+1/t39?,40-,43-/m1/s1. The average Bonchev–Trinajstić information content (AvgIpc) is 4.21. The number of ketones is 1. The van der Waals surface area contributed by atoms with Gasteiger partial charge in [0, 0.05) is 71.5 Å². The fourth-order valence-electron chi connectivity index (χ4n) is 10.0. The number of likely N-dealkylation sites (N-methyl/N-ethyl adjacent to an activating group) is 1. The molecule has 3 unspecified atom stereocenters. The molecule has 2 aromatic heterocycles. The third-order valence-electron chi connectivity index (χ3n) is 14.0. The van der Waals surface area contributed by atoms with Gasteiger partial charge in [-0.15, -0.1) is 0 Å². The third kappa shape index (κ3) is 15.5. The van der Waals surface area contributed by atoms with E-state index in [0.717, 1.165) is 36.3 Å². The maximum atomic E-state index is 13.2. The maximum absolute atomic E-state index is 13.2. The van der Waals surface area contributed by atoms with Gasteiger partial charge in [0.2, 0.25) is 11.6 Å². The fraction of sp³-hybridized carbons (Fsp3) is 0.500. The highest BCUT2D eigenvalue weighted by Crippen LogP contribution is 2.66. The molecule has 0 radical (unpaired) electrons. The van der Waals surface area contributed by atoms with Crippen LogP contribution in [-0.4, -0.2) is 111 Å². The van der Waals surface area contributed by atoms with Gasteiger partial charge in [-0.05, 0) is 90.6 Å². The van der Waals surface area contributed by atoms with Crippen LogP contribution in [0, 0.1) is 6.92 Å². The Morgan fingerprint density at radius 3 is 2.42 bits per heavy atom. The zero-order chi connectivity index (χ0) is 58.8. The van der Waals surface area contributed by atoms with Gasteiger partial charge in [-0.2, -0.15) is 26.6 Å². The Kier molecular flexibility index (Phi) is 19.8. The number of rotatable bonds is 27. The predicted octanol–water partition coefficient (Wildman–Crippen LogP) is 9.19. The van der Waals surface area contributed by atoms with Crippen molar-refractivity contribution in [3.05, 3.63) is 106 Å². The molecule has 8 N–H and O–H groups in total. The minimum atomic E-state index is -5.79. The molecule has 3 aliphatic rings. The number of aryl methyl sites for hydroxylation is 1. The number of carbonyl (C=O) groups is 1. The molecule has 0 bridgehead atoms. The van der Waals surface area contributed by atoms with Crippen molar-refractivity contribution in [1.29, 1.82) is 0 Å². The first-order valence-electron chi connectivity index (χ1n) is 25.5. The lowest BCUT2D eigenvalue weighted by Crippen LogP contribution is -2.29. The number of nitrogens with zero attached hydrogens (tertiary/aromatic N) is 5. The number of imidazole rings is 1. The zero-order valence-electron chi connectivity index (χ0n) is 45.5. The van der Waals surface area contributed by atoms with Crippen molar-refractivity contribution in [2.45, 2.75) is 139 Å². The van der Waals surface area contributed by atoms with Crippen molar-refractivity contribution in [2.24, 2.45) is 0 Å². The molecule has 24 nitrogen and oxygen atoms in total. The van der Waals surface area contributed by atoms with E-state index < -0.39 is 74.4 Å². The second-order valence-electron chi connectivity index (χ2n) is 21.2. The lowest BCUT2D eigenvalue weighted by molar-refractivity contribution is -0.438. The highest BCUT2D eigenvalue weighted by molar-refractivity contribution is 8.77. The summed E-state index contributed by atoms with van der Waals surface area (Å²) in [5.74, 6) is -0.0439. The smallest absolute Gasteiger partial charge is 0.369 e. The Morgan fingerprint density at radius 2 is 1.73 bits per heavy atom. The van der Waals surface area contributed by atoms with Gasteiger partial charge in [0.25, 0.3) is 15.7 Å². The molecule has 0 aliphatic carbocycles. The van der Waals surface area contributed by atoms with Gasteiger partial charge in [0.05, 0.1) is 29.3 Å². The van der Waals surface area contributed by atoms with E-state index in [4.69, 9.17) is 29.5 Å². The van der Waals surface area contributed by atoms with Crippen LogP contribution in [0.2, 0.25) is 0 Å². The van der Waals surface area contributed by atoms with E-state index in [-0.39, 0.29) is 45.6 Å². The molecule has 0 saturated carbocycles. The lowest BCUT2D eigenvalue weighted by atomic mass is 9.81. The maximum Gasteiger partial charge on any atom is 0.490 e. The largest absolute Gasteiger partial charge is 0.490 e. The Bertz CT molecular complexity index is 3450. The number of carbonyl (C=O) groups excluding carboxylic acids is 1. The Labute approximate surface area is 471 Å². The number of benzene rings is 2. The van der Waals surface area contributed by atoms with E-state index in [1.165, 1.54) is 61.1 Å². The van der Waals surface area contributed by atoms with Crippen molar-refractivity contribution < 1.29 is 78.2 Å². The molecule has 5 heterocycles. The number of phosphoric ester groups is 1. The SMILES string of the molecule is CCN1/C(=C/C=C/C=C/C2=[N+](CCCCCC(=O)CCC(C)(C)SSCOC3C[C@H](n4cnc5c(=O)[nH]c(N)nc54)O[C@@H]3COP(=O)(O)OP(=O)(O)OP(=O)(O)O)c3ccc(S(=O)(=O)O)cc3C2(C)C)C(C)(C)c2cc(C)ccc21. The number of allylic oxidation sites excluding steroid dienone is 6. The molecule has 80 heavy (non-hydrogen) atoms. The summed E-state index contributed by atoms with van der Waals surface area (Å²) in [6.07, 6.45) is 12.0. The van der Waals surface area contributed by atoms with Gasteiger partial charge in [-0.25, -0.2) is 18.7 Å². The number of phosphoric acid groups is 3. The predicted molar refractivity (Wildman–Crippen MR) is 305 cm³/mol. The van der Waals surface area contributed by atoms with Crippen molar-refractivity contribution in [3.8, 4) is 0 Å². The quantitative estimate of drug-likeness (QED) is 0.00556. The van der Waals surface area contributed by atoms with Crippen LogP contribution >= 0.6 is 45.1 Å².